The van der Waals surface area contributed by atoms with Gasteiger partial charge >= 0.3 is 0 Å². The lowest BCUT2D eigenvalue weighted by Gasteiger charge is -2.26. The molecule has 0 aliphatic carbocycles. The number of nitrogens with one attached hydrogen (secondary N) is 1. The number of ether oxygens (including phenoxy) is 4. The van der Waals surface area contributed by atoms with Crippen molar-refractivity contribution in [2.75, 3.05) is 51.6 Å². The maximum atomic E-state index is 13.9. The molecule has 204 valence electrons. The predicted molar refractivity (Wildman–Crippen MR) is 149 cm³/mol. The van der Waals surface area contributed by atoms with Gasteiger partial charge in [0.15, 0.2) is 11.5 Å². The standard InChI is InChI=1S/C27H32N2O7S2/c1-33-21-10-12-24(34-2)23(16-21)29(38(31,32)22-11-13-25(35-3)26(17-22)36-4)18-27(30)28-14-15-37-19-20-8-6-5-7-9-20/h5-13,16-17H,14-15,18-19H2,1-4H3,(H,28,30). The number of hydrogen-bond acceptors (Lipinski definition) is 8. The third kappa shape index (κ3) is 7.26. The van der Waals surface area contributed by atoms with Crippen LogP contribution in [0.3, 0.4) is 0 Å². The molecule has 38 heavy (non-hydrogen) atoms. The molecule has 0 saturated carbocycles. The van der Waals surface area contributed by atoms with Crippen molar-refractivity contribution in [3.63, 3.8) is 0 Å². The van der Waals surface area contributed by atoms with Gasteiger partial charge in [-0.15, -0.1) is 0 Å². The van der Waals surface area contributed by atoms with E-state index in [-0.39, 0.29) is 22.1 Å². The first-order valence-electron chi connectivity index (χ1n) is 11.7. The lowest BCUT2D eigenvalue weighted by molar-refractivity contribution is -0.119. The lowest BCUT2D eigenvalue weighted by atomic mass is 10.2. The van der Waals surface area contributed by atoms with E-state index in [0.717, 1.165) is 10.1 Å². The van der Waals surface area contributed by atoms with Gasteiger partial charge in [0.1, 0.15) is 18.0 Å². The average molecular weight is 561 g/mol. The number of carbonyl (C=O) groups excluding carboxylic acids is 1. The molecule has 3 aromatic rings. The first-order chi connectivity index (χ1) is 18.3. The highest BCUT2D eigenvalue weighted by atomic mass is 32.2. The summed E-state index contributed by atoms with van der Waals surface area (Å²) in [6.07, 6.45) is 0. The molecule has 3 aromatic carbocycles. The van der Waals surface area contributed by atoms with Gasteiger partial charge in [0.25, 0.3) is 10.0 Å². The molecular formula is C27H32N2O7S2. The number of carbonyl (C=O) groups is 1. The minimum absolute atomic E-state index is 0.0776. The fraction of sp³-hybridized carbons (Fsp3) is 0.296. The van der Waals surface area contributed by atoms with Crippen LogP contribution in [-0.4, -0.2) is 61.6 Å². The van der Waals surface area contributed by atoms with Crippen LogP contribution in [-0.2, 0) is 20.6 Å². The van der Waals surface area contributed by atoms with Crippen LogP contribution in [0.15, 0.2) is 71.6 Å². The summed E-state index contributed by atoms with van der Waals surface area (Å²) in [7, 11) is 1.54. The zero-order valence-corrected chi connectivity index (χ0v) is 23.4. The minimum atomic E-state index is -4.24. The van der Waals surface area contributed by atoms with Crippen molar-refractivity contribution < 1.29 is 32.2 Å². The zero-order valence-electron chi connectivity index (χ0n) is 21.8. The van der Waals surface area contributed by atoms with E-state index in [1.54, 1.807) is 23.9 Å². The Kier molecular flexibility index (Phi) is 10.5. The van der Waals surface area contributed by atoms with Crippen molar-refractivity contribution in [2.24, 2.45) is 0 Å². The van der Waals surface area contributed by atoms with Crippen molar-refractivity contribution in [2.45, 2.75) is 10.6 Å². The summed E-state index contributed by atoms with van der Waals surface area (Å²) in [6.45, 7) is -0.0839. The van der Waals surface area contributed by atoms with Gasteiger partial charge in [0, 0.05) is 30.2 Å². The first-order valence-corrected chi connectivity index (χ1v) is 14.3. The van der Waals surface area contributed by atoms with Gasteiger partial charge in [0.05, 0.1) is 39.0 Å². The molecule has 1 amide bonds. The van der Waals surface area contributed by atoms with Crippen molar-refractivity contribution >= 4 is 33.4 Å². The average Bonchev–Trinajstić information content (AvgIpc) is 2.95. The molecule has 1 N–H and O–H groups in total. The van der Waals surface area contributed by atoms with E-state index in [4.69, 9.17) is 18.9 Å². The van der Waals surface area contributed by atoms with E-state index < -0.39 is 22.5 Å². The Labute approximate surface area is 228 Å². The number of methoxy groups -OCH3 is 4. The lowest BCUT2D eigenvalue weighted by Crippen LogP contribution is -2.41. The van der Waals surface area contributed by atoms with Crippen LogP contribution >= 0.6 is 11.8 Å². The number of thioether (sulfide) groups is 1. The molecule has 0 aliphatic heterocycles. The molecule has 0 bridgehead atoms. The van der Waals surface area contributed by atoms with Crippen molar-refractivity contribution in [3.8, 4) is 23.0 Å². The van der Waals surface area contributed by atoms with E-state index in [2.05, 4.69) is 5.32 Å². The maximum Gasteiger partial charge on any atom is 0.265 e. The Morgan fingerprint density at radius 1 is 0.842 bits per heavy atom. The molecule has 0 radical (unpaired) electrons. The number of nitrogens with zero attached hydrogens (tertiary/aromatic N) is 1. The van der Waals surface area contributed by atoms with Crippen LogP contribution in [0.2, 0.25) is 0 Å². The summed E-state index contributed by atoms with van der Waals surface area (Å²) >= 11 is 1.68. The normalized spacial score (nSPS) is 10.9. The maximum absolute atomic E-state index is 13.9. The number of rotatable bonds is 14. The van der Waals surface area contributed by atoms with Crippen LogP contribution in [0.25, 0.3) is 0 Å². The molecule has 0 heterocycles. The Hall–Kier alpha value is -3.57. The van der Waals surface area contributed by atoms with Crippen molar-refractivity contribution in [1.29, 1.82) is 0 Å². The monoisotopic (exact) mass is 560 g/mol. The smallest absolute Gasteiger partial charge is 0.265 e. The fourth-order valence-electron chi connectivity index (χ4n) is 3.61. The van der Waals surface area contributed by atoms with Crippen molar-refractivity contribution in [3.05, 3.63) is 72.3 Å². The highest BCUT2D eigenvalue weighted by Crippen LogP contribution is 2.37. The second-order valence-corrected chi connectivity index (χ2v) is 10.9. The van der Waals surface area contributed by atoms with Crippen molar-refractivity contribution in [1.82, 2.24) is 5.32 Å². The summed E-state index contributed by atoms with van der Waals surface area (Å²) in [5.41, 5.74) is 1.36. The van der Waals surface area contributed by atoms with Crippen LogP contribution in [0.1, 0.15) is 5.56 Å². The number of benzene rings is 3. The quantitative estimate of drug-likeness (QED) is 0.296. The van der Waals surface area contributed by atoms with Crippen LogP contribution in [0.5, 0.6) is 23.0 Å². The topological polar surface area (TPSA) is 103 Å². The van der Waals surface area contributed by atoms with Gasteiger partial charge in [-0.05, 0) is 29.8 Å². The summed E-state index contributed by atoms with van der Waals surface area (Å²) in [6, 6.07) is 19.0. The van der Waals surface area contributed by atoms with E-state index >= 15 is 0 Å². The molecule has 0 aromatic heterocycles. The van der Waals surface area contributed by atoms with E-state index in [9.17, 15) is 13.2 Å². The van der Waals surface area contributed by atoms with Gasteiger partial charge in [-0.3, -0.25) is 9.10 Å². The molecule has 0 saturated heterocycles. The van der Waals surface area contributed by atoms with Crippen LogP contribution in [0, 0.1) is 0 Å². The SMILES string of the molecule is COc1ccc(OC)c(N(CC(=O)NCCSCc2ccccc2)S(=O)(=O)c2ccc(OC)c(OC)c2)c1. The number of amides is 1. The summed E-state index contributed by atoms with van der Waals surface area (Å²) < 4.78 is 50.0. The number of sulfonamides is 1. The second-order valence-electron chi connectivity index (χ2n) is 7.95. The molecule has 0 atom stereocenters. The van der Waals surface area contributed by atoms with E-state index in [0.29, 0.717) is 23.8 Å². The van der Waals surface area contributed by atoms with Gasteiger partial charge in [-0.25, -0.2) is 8.42 Å². The Bertz CT molecular complexity index is 1320. The molecule has 0 unspecified atom stereocenters. The zero-order chi connectivity index (χ0) is 27.5. The number of anilines is 1. The van der Waals surface area contributed by atoms with Gasteiger partial charge in [0.2, 0.25) is 5.91 Å². The Balaban J connectivity index is 1.84. The first kappa shape index (κ1) is 29.0. The predicted octanol–water partition coefficient (Wildman–Crippen LogP) is 3.97. The molecular weight excluding hydrogens is 528 g/mol. The molecule has 3 rings (SSSR count). The van der Waals surface area contributed by atoms with E-state index in [1.807, 2.05) is 30.3 Å². The largest absolute Gasteiger partial charge is 0.497 e. The Morgan fingerprint density at radius 3 is 2.18 bits per heavy atom. The summed E-state index contributed by atoms with van der Waals surface area (Å²) in [5, 5.41) is 2.82. The van der Waals surface area contributed by atoms with Crippen LogP contribution < -0.4 is 28.6 Å². The molecule has 0 aliphatic rings. The highest BCUT2D eigenvalue weighted by molar-refractivity contribution is 7.98. The summed E-state index contributed by atoms with van der Waals surface area (Å²) in [5.74, 6) is 2.32. The molecule has 0 spiro atoms. The highest BCUT2D eigenvalue weighted by Gasteiger charge is 2.31. The Morgan fingerprint density at radius 2 is 1.53 bits per heavy atom. The van der Waals surface area contributed by atoms with Gasteiger partial charge in [-0.1, -0.05) is 30.3 Å². The molecule has 0 fully saturated rings. The van der Waals surface area contributed by atoms with Crippen LogP contribution in [0.4, 0.5) is 5.69 Å². The molecule has 9 nitrogen and oxygen atoms in total. The second kappa shape index (κ2) is 13.8. The molecule has 11 heteroatoms. The van der Waals surface area contributed by atoms with Gasteiger partial charge in [-0.2, -0.15) is 11.8 Å². The fourth-order valence-corrected chi connectivity index (χ4v) is 5.87. The van der Waals surface area contributed by atoms with Gasteiger partial charge < -0.3 is 24.3 Å². The van der Waals surface area contributed by atoms with E-state index in [1.165, 1.54) is 58.3 Å². The minimum Gasteiger partial charge on any atom is -0.497 e. The summed E-state index contributed by atoms with van der Waals surface area (Å²) in [4.78, 5) is 12.9. The number of hydrogen-bond donors (Lipinski definition) is 1. The third-order valence-electron chi connectivity index (χ3n) is 5.57. The third-order valence-corrected chi connectivity index (χ3v) is 8.35.